The van der Waals surface area contributed by atoms with Crippen LogP contribution in [-0.2, 0) is 19.6 Å². The normalized spacial score (nSPS) is 18.1. The van der Waals surface area contributed by atoms with Gasteiger partial charge in [0, 0.05) is 37.6 Å². The molecule has 0 saturated heterocycles. The summed E-state index contributed by atoms with van der Waals surface area (Å²) in [6.45, 7) is 2.67. The molecule has 6 nitrogen and oxygen atoms in total. The van der Waals surface area contributed by atoms with Crippen molar-refractivity contribution in [3.63, 3.8) is 0 Å². The molecule has 24 heavy (non-hydrogen) atoms. The second-order valence-corrected chi connectivity index (χ2v) is 5.84. The molecule has 0 aliphatic carbocycles. The molecule has 0 bridgehead atoms. The van der Waals surface area contributed by atoms with Gasteiger partial charge in [-0.1, -0.05) is 0 Å². The van der Waals surface area contributed by atoms with Crippen LogP contribution in [0.3, 0.4) is 0 Å². The largest absolute Gasteiger partial charge is 0.472 e. The molecule has 0 amide bonds. The lowest BCUT2D eigenvalue weighted by atomic mass is 10.2. The van der Waals surface area contributed by atoms with Gasteiger partial charge in [0.2, 0.25) is 0 Å². The smallest absolute Gasteiger partial charge is 0.250 e. The molecule has 3 aromatic rings. The maximum absolute atomic E-state index is 13.8. The minimum absolute atomic E-state index is 0.0290. The Morgan fingerprint density at radius 2 is 2.21 bits per heavy atom. The minimum Gasteiger partial charge on any atom is -0.472 e. The van der Waals surface area contributed by atoms with E-state index in [-0.39, 0.29) is 12.0 Å². The van der Waals surface area contributed by atoms with Crippen LogP contribution in [0, 0.1) is 5.82 Å². The fourth-order valence-corrected chi connectivity index (χ4v) is 2.94. The molecule has 7 heteroatoms. The number of ether oxygens (including phenoxy) is 1. The number of aromatic nitrogens is 3. The Bertz CT molecular complexity index is 803. The Labute approximate surface area is 138 Å². The summed E-state index contributed by atoms with van der Waals surface area (Å²) in [5.74, 6) is -0.426. The average molecular weight is 328 g/mol. The number of nitrogens with zero attached hydrogens (tertiary/aromatic N) is 4. The van der Waals surface area contributed by atoms with Gasteiger partial charge in [-0.2, -0.15) is 5.10 Å². The molecule has 4 rings (SSSR count). The molecule has 4 heterocycles. The first-order chi connectivity index (χ1) is 11.8. The lowest BCUT2D eigenvalue weighted by Crippen LogP contribution is -2.35. The monoisotopic (exact) mass is 328 g/mol. The van der Waals surface area contributed by atoms with Crippen molar-refractivity contribution >= 4 is 0 Å². The minimum atomic E-state index is -0.455. The second kappa shape index (κ2) is 6.45. The third-order valence-electron chi connectivity index (χ3n) is 4.02. The SMILES string of the molecule is Fc1cccnc1O[C@H]1CN(Cc2ccoc2)Cc2ccnn2C1. The Balaban J connectivity index is 1.56. The Morgan fingerprint density at radius 3 is 3.04 bits per heavy atom. The van der Waals surface area contributed by atoms with Gasteiger partial charge >= 0.3 is 0 Å². The van der Waals surface area contributed by atoms with Crippen LogP contribution in [0.15, 0.2) is 53.6 Å². The predicted octanol–water partition coefficient (Wildman–Crippen LogP) is 2.47. The van der Waals surface area contributed by atoms with Crippen molar-refractivity contribution in [3.8, 4) is 5.88 Å². The molecular weight excluding hydrogens is 311 g/mol. The molecule has 1 aliphatic rings. The quantitative estimate of drug-likeness (QED) is 0.736. The van der Waals surface area contributed by atoms with E-state index < -0.39 is 5.82 Å². The first kappa shape index (κ1) is 14.9. The maximum atomic E-state index is 13.8. The van der Waals surface area contributed by atoms with E-state index in [1.54, 1.807) is 24.8 Å². The van der Waals surface area contributed by atoms with E-state index in [0.717, 1.165) is 24.3 Å². The molecule has 0 fully saturated rings. The molecule has 0 aromatic carbocycles. The summed E-state index contributed by atoms with van der Waals surface area (Å²) in [5.41, 5.74) is 2.19. The molecule has 0 spiro atoms. The highest BCUT2D eigenvalue weighted by molar-refractivity contribution is 5.14. The van der Waals surface area contributed by atoms with Gasteiger partial charge in [-0.25, -0.2) is 9.37 Å². The van der Waals surface area contributed by atoms with Crippen LogP contribution >= 0.6 is 0 Å². The van der Waals surface area contributed by atoms with Crippen LogP contribution in [0.4, 0.5) is 4.39 Å². The first-order valence-corrected chi connectivity index (χ1v) is 7.79. The molecule has 0 radical (unpaired) electrons. The van der Waals surface area contributed by atoms with Gasteiger partial charge in [0.1, 0.15) is 6.10 Å². The lowest BCUT2D eigenvalue weighted by Gasteiger charge is -2.23. The molecule has 124 valence electrons. The van der Waals surface area contributed by atoms with E-state index in [9.17, 15) is 4.39 Å². The molecule has 0 saturated carbocycles. The van der Waals surface area contributed by atoms with Gasteiger partial charge in [0.25, 0.3) is 5.88 Å². The van der Waals surface area contributed by atoms with E-state index in [4.69, 9.17) is 9.15 Å². The lowest BCUT2D eigenvalue weighted by molar-refractivity contribution is 0.113. The zero-order valence-corrected chi connectivity index (χ0v) is 13.0. The summed E-state index contributed by atoms with van der Waals surface area (Å²) in [7, 11) is 0. The highest BCUT2D eigenvalue weighted by atomic mass is 19.1. The van der Waals surface area contributed by atoms with Crippen molar-refractivity contribution in [2.75, 3.05) is 6.54 Å². The maximum Gasteiger partial charge on any atom is 0.250 e. The van der Waals surface area contributed by atoms with Gasteiger partial charge in [0.05, 0.1) is 24.8 Å². The van der Waals surface area contributed by atoms with Crippen LogP contribution in [0.25, 0.3) is 0 Å². The van der Waals surface area contributed by atoms with Crippen molar-refractivity contribution in [1.82, 2.24) is 19.7 Å². The van der Waals surface area contributed by atoms with Gasteiger partial charge in [-0.3, -0.25) is 9.58 Å². The summed E-state index contributed by atoms with van der Waals surface area (Å²) in [6.07, 6.45) is 6.44. The highest BCUT2D eigenvalue weighted by Gasteiger charge is 2.25. The summed E-state index contributed by atoms with van der Waals surface area (Å²) in [5, 5.41) is 4.34. The predicted molar refractivity (Wildman–Crippen MR) is 83.7 cm³/mol. The van der Waals surface area contributed by atoms with Crippen LogP contribution < -0.4 is 4.74 Å². The third-order valence-corrected chi connectivity index (χ3v) is 4.02. The summed E-state index contributed by atoms with van der Waals surface area (Å²) in [6, 6.07) is 6.83. The van der Waals surface area contributed by atoms with E-state index in [0.29, 0.717) is 13.1 Å². The van der Waals surface area contributed by atoms with Crippen LogP contribution in [0.1, 0.15) is 11.3 Å². The van der Waals surface area contributed by atoms with Crippen LogP contribution in [0.5, 0.6) is 5.88 Å². The molecule has 3 aromatic heterocycles. The summed E-state index contributed by atoms with van der Waals surface area (Å²) >= 11 is 0. The molecule has 1 atom stereocenters. The number of fused-ring (bicyclic) bond motifs is 1. The number of rotatable bonds is 4. The van der Waals surface area contributed by atoms with E-state index >= 15 is 0 Å². The van der Waals surface area contributed by atoms with Gasteiger partial charge in [0.15, 0.2) is 5.82 Å². The second-order valence-electron chi connectivity index (χ2n) is 5.84. The van der Waals surface area contributed by atoms with Gasteiger partial charge in [-0.05, 0) is 24.3 Å². The van der Waals surface area contributed by atoms with Crippen LogP contribution in [-0.4, -0.2) is 32.3 Å². The van der Waals surface area contributed by atoms with E-state index in [2.05, 4.69) is 15.0 Å². The van der Waals surface area contributed by atoms with Crippen molar-refractivity contribution in [2.24, 2.45) is 0 Å². The van der Waals surface area contributed by atoms with Gasteiger partial charge in [-0.15, -0.1) is 0 Å². The fraction of sp³-hybridized carbons (Fsp3) is 0.294. The number of pyridine rings is 1. The zero-order valence-electron chi connectivity index (χ0n) is 13.0. The van der Waals surface area contributed by atoms with E-state index in [1.807, 2.05) is 16.8 Å². The number of furan rings is 1. The highest BCUT2D eigenvalue weighted by Crippen LogP contribution is 2.20. The number of halogens is 1. The van der Waals surface area contributed by atoms with Crippen LogP contribution in [0.2, 0.25) is 0 Å². The van der Waals surface area contributed by atoms with Crippen molar-refractivity contribution in [2.45, 2.75) is 25.7 Å². The van der Waals surface area contributed by atoms with Crippen molar-refractivity contribution in [3.05, 3.63) is 66.3 Å². The standard InChI is InChI=1S/C17H17FN4O2/c18-16-2-1-5-19-17(16)24-15-10-21(8-13-4-7-23-12-13)9-14-3-6-20-22(14)11-15/h1-7,12,15H,8-11H2/t15-/m0/s1. The third kappa shape index (κ3) is 3.16. The fourth-order valence-electron chi connectivity index (χ4n) is 2.94. The number of hydrogen-bond donors (Lipinski definition) is 0. The summed E-state index contributed by atoms with van der Waals surface area (Å²) in [4.78, 5) is 6.22. The Morgan fingerprint density at radius 1 is 1.25 bits per heavy atom. The van der Waals surface area contributed by atoms with E-state index in [1.165, 1.54) is 12.3 Å². The topological polar surface area (TPSA) is 56.3 Å². The molecular formula is C17H17FN4O2. The molecule has 0 unspecified atom stereocenters. The Hall–Kier alpha value is -2.67. The van der Waals surface area contributed by atoms with Crippen molar-refractivity contribution < 1.29 is 13.5 Å². The number of hydrogen-bond acceptors (Lipinski definition) is 5. The first-order valence-electron chi connectivity index (χ1n) is 7.79. The van der Waals surface area contributed by atoms with Gasteiger partial charge < -0.3 is 9.15 Å². The zero-order chi connectivity index (χ0) is 16.4. The summed E-state index contributed by atoms with van der Waals surface area (Å²) < 4.78 is 26.7. The molecule has 1 aliphatic heterocycles. The Kier molecular flexibility index (Phi) is 4.00. The molecule has 0 N–H and O–H groups in total. The average Bonchev–Trinajstić information content (AvgIpc) is 3.19. The van der Waals surface area contributed by atoms with Crippen molar-refractivity contribution in [1.29, 1.82) is 0 Å².